The first-order chi connectivity index (χ1) is 12.2. The van der Waals surface area contributed by atoms with Crippen LogP contribution in [0.15, 0.2) is 64.5 Å². The zero-order valence-electron chi connectivity index (χ0n) is 13.7. The number of benzene rings is 2. The Balaban J connectivity index is 1.78. The molecule has 3 aromatic rings. The lowest BCUT2D eigenvalue weighted by Gasteiger charge is -2.08. The average molecular weight is 464 g/mol. The van der Waals surface area contributed by atoms with E-state index in [9.17, 15) is 4.79 Å². The Bertz CT molecular complexity index is 913. The summed E-state index contributed by atoms with van der Waals surface area (Å²) < 4.78 is 5.89. The van der Waals surface area contributed by atoms with Crippen molar-refractivity contribution in [1.82, 2.24) is 9.97 Å². The summed E-state index contributed by atoms with van der Waals surface area (Å²) in [4.78, 5) is 19.7. The van der Waals surface area contributed by atoms with Crippen LogP contribution in [0.25, 0.3) is 0 Å². The number of hydrogen-bond acceptors (Lipinski definition) is 4. The lowest BCUT2D eigenvalue weighted by Crippen LogP contribution is -2.16. The van der Waals surface area contributed by atoms with Crippen LogP contribution >= 0.6 is 34.4 Å². The lowest BCUT2D eigenvalue weighted by atomic mass is 10.1. The van der Waals surface area contributed by atoms with E-state index in [0.717, 1.165) is 22.6 Å². The number of aromatic nitrogens is 2. The SMILES string of the molecule is COc1cccc(CSc2nc(Cc3ccccc3)c(I)c(=O)[nH]2)c1. The molecule has 1 aromatic heterocycles. The minimum atomic E-state index is -0.0883. The maximum atomic E-state index is 12.2. The molecule has 0 radical (unpaired) electrons. The first-order valence-corrected chi connectivity index (χ1v) is 9.80. The third-order valence-electron chi connectivity index (χ3n) is 3.63. The van der Waals surface area contributed by atoms with Crippen molar-refractivity contribution in [3.05, 3.63) is 85.3 Å². The zero-order valence-corrected chi connectivity index (χ0v) is 16.6. The van der Waals surface area contributed by atoms with Crippen molar-refractivity contribution >= 4 is 34.4 Å². The molecule has 1 N–H and O–H groups in total. The van der Waals surface area contributed by atoms with Crippen LogP contribution in [0.3, 0.4) is 0 Å². The maximum absolute atomic E-state index is 12.2. The highest BCUT2D eigenvalue weighted by molar-refractivity contribution is 14.1. The Kier molecular flexibility index (Phi) is 6.14. The topological polar surface area (TPSA) is 55.0 Å². The van der Waals surface area contributed by atoms with E-state index in [2.05, 4.69) is 32.6 Å². The van der Waals surface area contributed by atoms with Crippen molar-refractivity contribution in [2.75, 3.05) is 7.11 Å². The molecule has 0 unspecified atom stereocenters. The Hall–Kier alpha value is -1.80. The lowest BCUT2D eigenvalue weighted by molar-refractivity contribution is 0.414. The van der Waals surface area contributed by atoms with Gasteiger partial charge in [-0.3, -0.25) is 4.79 Å². The van der Waals surface area contributed by atoms with Gasteiger partial charge in [-0.2, -0.15) is 0 Å². The van der Waals surface area contributed by atoms with Gasteiger partial charge in [0.15, 0.2) is 5.16 Å². The fraction of sp³-hybridized carbons (Fsp3) is 0.158. The van der Waals surface area contributed by atoms with Crippen LogP contribution < -0.4 is 10.3 Å². The van der Waals surface area contributed by atoms with Crippen LogP contribution in [0.1, 0.15) is 16.8 Å². The molecule has 0 atom stereocenters. The van der Waals surface area contributed by atoms with Gasteiger partial charge < -0.3 is 9.72 Å². The predicted molar refractivity (Wildman–Crippen MR) is 109 cm³/mol. The molecule has 0 amide bonds. The molecule has 128 valence electrons. The van der Waals surface area contributed by atoms with Crippen molar-refractivity contribution in [2.24, 2.45) is 0 Å². The Morgan fingerprint density at radius 1 is 1.12 bits per heavy atom. The van der Waals surface area contributed by atoms with E-state index in [1.54, 1.807) is 7.11 Å². The Morgan fingerprint density at radius 3 is 2.64 bits per heavy atom. The highest BCUT2D eigenvalue weighted by Gasteiger charge is 2.10. The number of halogens is 1. The number of aromatic amines is 1. The highest BCUT2D eigenvalue weighted by atomic mass is 127. The number of ether oxygens (including phenoxy) is 1. The maximum Gasteiger partial charge on any atom is 0.265 e. The van der Waals surface area contributed by atoms with Gasteiger partial charge in [-0.05, 0) is 45.9 Å². The molecule has 3 rings (SSSR count). The summed E-state index contributed by atoms with van der Waals surface area (Å²) in [5.41, 5.74) is 2.98. The number of rotatable bonds is 6. The van der Waals surface area contributed by atoms with Gasteiger partial charge in [0.2, 0.25) is 0 Å². The summed E-state index contributed by atoms with van der Waals surface area (Å²) in [6.45, 7) is 0. The molecule has 6 heteroatoms. The van der Waals surface area contributed by atoms with Gasteiger partial charge >= 0.3 is 0 Å². The second-order valence-corrected chi connectivity index (χ2v) is 7.48. The fourth-order valence-corrected chi connectivity index (χ4v) is 3.64. The molecule has 0 aliphatic rings. The molecule has 0 saturated carbocycles. The first kappa shape index (κ1) is 18.0. The number of methoxy groups -OCH3 is 1. The molecule has 1 heterocycles. The molecule has 0 fully saturated rings. The molecule has 0 spiro atoms. The Morgan fingerprint density at radius 2 is 1.88 bits per heavy atom. The van der Waals surface area contributed by atoms with E-state index in [-0.39, 0.29) is 5.56 Å². The van der Waals surface area contributed by atoms with E-state index in [1.165, 1.54) is 11.8 Å². The molecule has 0 bridgehead atoms. The molecule has 25 heavy (non-hydrogen) atoms. The van der Waals surface area contributed by atoms with Gasteiger partial charge in [0.25, 0.3) is 5.56 Å². The average Bonchev–Trinajstić information content (AvgIpc) is 2.65. The van der Waals surface area contributed by atoms with Crippen molar-refractivity contribution in [1.29, 1.82) is 0 Å². The van der Waals surface area contributed by atoms with Gasteiger partial charge in [0.05, 0.1) is 12.8 Å². The van der Waals surface area contributed by atoms with Crippen LogP contribution in [-0.2, 0) is 12.2 Å². The summed E-state index contributed by atoms with van der Waals surface area (Å²) in [5, 5.41) is 0.638. The molecule has 0 aliphatic carbocycles. The van der Waals surface area contributed by atoms with Crippen molar-refractivity contribution in [3.63, 3.8) is 0 Å². The number of thioether (sulfide) groups is 1. The monoisotopic (exact) mass is 464 g/mol. The van der Waals surface area contributed by atoms with Gasteiger partial charge in [0.1, 0.15) is 9.32 Å². The van der Waals surface area contributed by atoms with Gasteiger partial charge in [-0.25, -0.2) is 4.98 Å². The van der Waals surface area contributed by atoms with Crippen LogP contribution in [0.2, 0.25) is 0 Å². The predicted octanol–water partition coefficient (Wildman–Crippen LogP) is 4.27. The number of hydrogen-bond donors (Lipinski definition) is 1. The largest absolute Gasteiger partial charge is 0.497 e. The van der Waals surface area contributed by atoms with Crippen molar-refractivity contribution in [3.8, 4) is 5.75 Å². The second kappa shape index (κ2) is 8.53. The molecule has 2 aromatic carbocycles. The minimum absolute atomic E-state index is 0.0883. The van der Waals surface area contributed by atoms with Crippen LogP contribution in [0.4, 0.5) is 0 Å². The van der Waals surface area contributed by atoms with Gasteiger partial charge in [-0.15, -0.1) is 0 Å². The molecule has 0 aliphatic heterocycles. The van der Waals surface area contributed by atoms with Crippen molar-refractivity contribution in [2.45, 2.75) is 17.3 Å². The zero-order chi connectivity index (χ0) is 17.6. The van der Waals surface area contributed by atoms with E-state index >= 15 is 0 Å². The van der Waals surface area contributed by atoms with Gasteiger partial charge in [0, 0.05) is 12.2 Å². The third-order valence-corrected chi connectivity index (χ3v) is 5.69. The quantitative estimate of drug-likeness (QED) is 0.337. The van der Waals surface area contributed by atoms with E-state index < -0.39 is 0 Å². The van der Waals surface area contributed by atoms with Crippen molar-refractivity contribution < 1.29 is 4.74 Å². The summed E-state index contributed by atoms with van der Waals surface area (Å²) in [6.07, 6.45) is 0.649. The third kappa shape index (κ3) is 4.85. The second-order valence-electron chi connectivity index (χ2n) is 5.43. The Labute approximate surface area is 164 Å². The smallest absolute Gasteiger partial charge is 0.265 e. The molecular formula is C19H17IN2O2S. The molecule has 0 saturated heterocycles. The summed E-state index contributed by atoms with van der Waals surface area (Å²) in [7, 11) is 1.65. The summed E-state index contributed by atoms with van der Waals surface area (Å²) in [6, 6.07) is 17.9. The van der Waals surface area contributed by atoms with E-state index in [0.29, 0.717) is 20.9 Å². The fourth-order valence-electron chi connectivity index (χ4n) is 2.37. The van der Waals surface area contributed by atoms with Gasteiger partial charge in [-0.1, -0.05) is 54.2 Å². The molecular weight excluding hydrogens is 447 g/mol. The summed E-state index contributed by atoms with van der Waals surface area (Å²) >= 11 is 3.58. The van der Waals surface area contributed by atoms with E-state index in [1.807, 2.05) is 54.6 Å². The number of nitrogens with zero attached hydrogens (tertiary/aromatic N) is 1. The first-order valence-electron chi connectivity index (χ1n) is 7.74. The normalized spacial score (nSPS) is 10.6. The van der Waals surface area contributed by atoms with Crippen LogP contribution in [0.5, 0.6) is 5.75 Å². The van der Waals surface area contributed by atoms with Crippen LogP contribution in [0, 0.1) is 3.57 Å². The minimum Gasteiger partial charge on any atom is -0.497 e. The molecule has 4 nitrogen and oxygen atoms in total. The standard InChI is InChI=1S/C19H17IN2O2S/c1-24-15-9-5-8-14(10-15)12-25-19-21-16(17(20)18(23)22-19)11-13-6-3-2-4-7-13/h2-10H,11-12H2,1H3,(H,21,22,23). The summed E-state index contributed by atoms with van der Waals surface area (Å²) in [5.74, 6) is 1.54. The highest BCUT2D eigenvalue weighted by Crippen LogP contribution is 2.22. The van der Waals surface area contributed by atoms with E-state index in [4.69, 9.17) is 4.74 Å². The number of H-pyrrole nitrogens is 1. The van der Waals surface area contributed by atoms with Crippen LogP contribution in [-0.4, -0.2) is 17.1 Å². The number of nitrogens with one attached hydrogen (secondary N) is 1.